The number of amides is 1. The Kier molecular flexibility index (Phi) is 3.38. The SMILES string of the molecule is CC1CCNC1C(=O)Nc1cc2c(cc1[N+](=O)[O-])OCO2. The van der Waals surface area contributed by atoms with Gasteiger partial charge in [-0.2, -0.15) is 0 Å². The number of hydrogen-bond acceptors (Lipinski definition) is 6. The van der Waals surface area contributed by atoms with Gasteiger partial charge in [-0.3, -0.25) is 14.9 Å². The summed E-state index contributed by atoms with van der Waals surface area (Å²) < 4.78 is 10.3. The molecule has 1 amide bonds. The van der Waals surface area contributed by atoms with Crippen LogP contribution in [0.1, 0.15) is 13.3 Å². The van der Waals surface area contributed by atoms with Crippen LogP contribution < -0.4 is 20.1 Å². The average Bonchev–Trinajstić information content (AvgIpc) is 3.05. The van der Waals surface area contributed by atoms with Crippen molar-refractivity contribution >= 4 is 17.3 Å². The van der Waals surface area contributed by atoms with Gasteiger partial charge in [0.25, 0.3) is 5.69 Å². The van der Waals surface area contributed by atoms with E-state index < -0.39 is 4.92 Å². The van der Waals surface area contributed by atoms with Crippen molar-refractivity contribution in [3.8, 4) is 11.5 Å². The largest absolute Gasteiger partial charge is 0.454 e. The van der Waals surface area contributed by atoms with Crippen LogP contribution in [0.4, 0.5) is 11.4 Å². The predicted molar refractivity (Wildman–Crippen MR) is 73.4 cm³/mol. The number of carbonyl (C=O) groups excluding carboxylic acids is 1. The molecule has 2 aliphatic rings. The first-order valence-electron chi connectivity index (χ1n) is 6.68. The van der Waals surface area contributed by atoms with Crippen molar-refractivity contribution in [3.05, 3.63) is 22.2 Å². The lowest BCUT2D eigenvalue weighted by Crippen LogP contribution is -2.39. The average molecular weight is 293 g/mol. The Morgan fingerprint density at radius 1 is 1.43 bits per heavy atom. The lowest BCUT2D eigenvalue weighted by Gasteiger charge is -2.15. The molecule has 1 saturated heterocycles. The monoisotopic (exact) mass is 293 g/mol. The molecule has 0 spiro atoms. The summed E-state index contributed by atoms with van der Waals surface area (Å²) in [5.41, 5.74) is -0.0894. The maximum atomic E-state index is 12.2. The van der Waals surface area contributed by atoms with Crippen LogP contribution in [0, 0.1) is 16.0 Å². The maximum absolute atomic E-state index is 12.2. The lowest BCUT2D eigenvalue weighted by atomic mass is 10.0. The highest BCUT2D eigenvalue weighted by Crippen LogP contribution is 2.40. The molecule has 0 radical (unpaired) electrons. The van der Waals surface area contributed by atoms with Gasteiger partial charge in [0.1, 0.15) is 5.69 Å². The van der Waals surface area contributed by atoms with E-state index in [2.05, 4.69) is 10.6 Å². The molecule has 0 bridgehead atoms. The Hall–Kier alpha value is -2.35. The highest BCUT2D eigenvalue weighted by atomic mass is 16.7. The summed E-state index contributed by atoms with van der Waals surface area (Å²) in [6, 6.07) is 2.36. The number of nitrogens with zero attached hydrogens (tertiary/aromatic N) is 1. The van der Waals surface area contributed by atoms with Gasteiger partial charge in [-0.1, -0.05) is 6.92 Å². The van der Waals surface area contributed by atoms with Crippen molar-refractivity contribution in [1.82, 2.24) is 5.32 Å². The van der Waals surface area contributed by atoms with E-state index in [0.717, 1.165) is 13.0 Å². The van der Waals surface area contributed by atoms with E-state index in [1.165, 1.54) is 12.1 Å². The third-order valence-electron chi connectivity index (χ3n) is 3.76. The molecular formula is C13H15N3O5. The quantitative estimate of drug-likeness (QED) is 0.642. The summed E-state index contributed by atoms with van der Waals surface area (Å²) in [5.74, 6) is 0.621. The molecule has 1 fully saturated rings. The third-order valence-corrected chi connectivity index (χ3v) is 3.76. The van der Waals surface area contributed by atoms with Crippen LogP contribution in [0.5, 0.6) is 11.5 Å². The van der Waals surface area contributed by atoms with Crippen molar-refractivity contribution in [2.24, 2.45) is 5.92 Å². The van der Waals surface area contributed by atoms with Gasteiger partial charge in [0.15, 0.2) is 11.5 Å². The van der Waals surface area contributed by atoms with Gasteiger partial charge < -0.3 is 20.1 Å². The van der Waals surface area contributed by atoms with Crippen LogP contribution in [0.3, 0.4) is 0 Å². The molecule has 2 N–H and O–H groups in total. The molecule has 112 valence electrons. The van der Waals surface area contributed by atoms with Crippen molar-refractivity contribution in [3.63, 3.8) is 0 Å². The Labute approximate surface area is 120 Å². The fourth-order valence-electron chi connectivity index (χ4n) is 2.58. The highest BCUT2D eigenvalue weighted by molar-refractivity contribution is 5.97. The number of hydrogen-bond donors (Lipinski definition) is 2. The van der Waals surface area contributed by atoms with Gasteiger partial charge in [-0.05, 0) is 18.9 Å². The van der Waals surface area contributed by atoms with E-state index in [1.54, 1.807) is 0 Å². The van der Waals surface area contributed by atoms with Crippen molar-refractivity contribution in [1.29, 1.82) is 0 Å². The molecule has 2 atom stereocenters. The predicted octanol–water partition coefficient (Wildman–Crippen LogP) is 1.26. The zero-order valence-electron chi connectivity index (χ0n) is 11.4. The summed E-state index contributed by atoms with van der Waals surface area (Å²) in [4.78, 5) is 22.8. The van der Waals surface area contributed by atoms with Gasteiger partial charge >= 0.3 is 0 Å². The van der Waals surface area contributed by atoms with E-state index in [-0.39, 0.29) is 36.0 Å². The summed E-state index contributed by atoms with van der Waals surface area (Å²) in [6.07, 6.45) is 0.904. The second kappa shape index (κ2) is 5.21. The van der Waals surface area contributed by atoms with Crippen molar-refractivity contribution < 1.29 is 19.2 Å². The van der Waals surface area contributed by atoms with E-state index in [4.69, 9.17) is 9.47 Å². The summed E-state index contributed by atoms with van der Waals surface area (Å²) >= 11 is 0. The Morgan fingerprint density at radius 2 is 2.14 bits per heavy atom. The molecule has 0 aliphatic carbocycles. The minimum Gasteiger partial charge on any atom is -0.454 e. The lowest BCUT2D eigenvalue weighted by molar-refractivity contribution is -0.384. The third kappa shape index (κ3) is 2.49. The van der Waals surface area contributed by atoms with Gasteiger partial charge in [0, 0.05) is 6.07 Å². The topological polar surface area (TPSA) is 103 Å². The molecule has 21 heavy (non-hydrogen) atoms. The number of carbonyl (C=O) groups is 1. The molecule has 2 heterocycles. The molecule has 1 aromatic carbocycles. The zero-order chi connectivity index (χ0) is 15.0. The first-order valence-corrected chi connectivity index (χ1v) is 6.68. The molecule has 2 unspecified atom stereocenters. The van der Waals surface area contributed by atoms with Crippen molar-refractivity contribution in [2.45, 2.75) is 19.4 Å². The number of nitro groups is 1. The second-order valence-corrected chi connectivity index (χ2v) is 5.17. The molecule has 8 heteroatoms. The number of fused-ring (bicyclic) bond motifs is 1. The van der Waals surface area contributed by atoms with Crippen molar-refractivity contribution in [2.75, 3.05) is 18.7 Å². The molecule has 0 saturated carbocycles. The second-order valence-electron chi connectivity index (χ2n) is 5.17. The molecule has 0 aromatic heterocycles. The van der Waals surface area contributed by atoms with Gasteiger partial charge in [-0.25, -0.2) is 0 Å². The molecule has 3 rings (SSSR count). The minimum absolute atomic E-state index is 0.0190. The van der Waals surface area contributed by atoms with Crippen LogP contribution in [-0.4, -0.2) is 30.2 Å². The highest BCUT2D eigenvalue weighted by Gasteiger charge is 2.31. The summed E-state index contributed by atoms with van der Waals surface area (Å²) in [5, 5.41) is 16.8. The molecule has 8 nitrogen and oxygen atoms in total. The van der Waals surface area contributed by atoms with Crippen LogP contribution in [0.2, 0.25) is 0 Å². The number of anilines is 1. The summed E-state index contributed by atoms with van der Waals surface area (Å²) in [7, 11) is 0. The molecular weight excluding hydrogens is 278 g/mol. The number of benzene rings is 1. The number of ether oxygens (including phenoxy) is 2. The number of nitro benzene ring substituents is 1. The summed E-state index contributed by atoms with van der Waals surface area (Å²) in [6.45, 7) is 2.76. The van der Waals surface area contributed by atoms with E-state index in [9.17, 15) is 14.9 Å². The maximum Gasteiger partial charge on any atom is 0.296 e. The standard InChI is InChI=1S/C13H15N3O5/c1-7-2-3-14-12(7)13(17)15-8-4-10-11(21-6-20-10)5-9(8)16(18)19/h4-5,7,12,14H,2-3,6H2,1H3,(H,15,17). The first-order chi connectivity index (χ1) is 10.1. The Bertz CT molecular complexity index is 604. The zero-order valence-corrected chi connectivity index (χ0v) is 11.4. The minimum atomic E-state index is -0.553. The number of nitrogens with one attached hydrogen (secondary N) is 2. The van der Waals surface area contributed by atoms with Crippen LogP contribution in [0.15, 0.2) is 12.1 Å². The fourth-order valence-corrected chi connectivity index (χ4v) is 2.58. The van der Waals surface area contributed by atoms with Gasteiger partial charge in [0.2, 0.25) is 12.7 Å². The van der Waals surface area contributed by atoms with E-state index >= 15 is 0 Å². The van der Waals surface area contributed by atoms with Gasteiger partial charge in [-0.15, -0.1) is 0 Å². The first kappa shape index (κ1) is 13.6. The Morgan fingerprint density at radius 3 is 2.76 bits per heavy atom. The van der Waals surface area contributed by atoms with Gasteiger partial charge in [0.05, 0.1) is 17.0 Å². The van der Waals surface area contributed by atoms with Crippen LogP contribution >= 0.6 is 0 Å². The van der Waals surface area contributed by atoms with E-state index in [0.29, 0.717) is 11.5 Å². The van der Waals surface area contributed by atoms with E-state index in [1.807, 2.05) is 6.92 Å². The smallest absolute Gasteiger partial charge is 0.296 e. The van der Waals surface area contributed by atoms with Crippen LogP contribution in [0.25, 0.3) is 0 Å². The fraction of sp³-hybridized carbons (Fsp3) is 0.462. The Balaban J connectivity index is 1.87. The van der Waals surface area contributed by atoms with Crippen LogP contribution in [-0.2, 0) is 4.79 Å². The number of rotatable bonds is 3. The molecule has 1 aromatic rings. The normalized spacial score (nSPS) is 23.1. The molecule has 2 aliphatic heterocycles.